The van der Waals surface area contributed by atoms with E-state index in [1.807, 2.05) is 26.0 Å². The van der Waals surface area contributed by atoms with Gasteiger partial charge in [-0.25, -0.2) is 9.38 Å². The van der Waals surface area contributed by atoms with Crippen molar-refractivity contribution in [2.24, 2.45) is 4.99 Å². The fourth-order valence-corrected chi connectivity index (χ4v) is 1.76. The molecule has 1 aromatic carbocycles. The van der Waals surface area contributed by atoms with Gasteiger partial charge in [-0.2, -0.15) is 0 Å². The number of benzene rings is 1. The van der Waals surface area contributed by atoms with Crippen LogP contribution in [0.4, 0.5) is 4.39 Å². The lowest BCUT2D eigenvalue weighted by Crippen LogP contribution is -2.37. The Morgan fingerprint density at radius 3 is 2.71 bits per heavy atom. The molecule has 0 aliphatic rings. The Balaban J connectivity index is 0.00000400. The molecule has 3 nitrogen and oxygen atoms in total. The average molecular weight is 405 g/mol. The van der Waals surface area contributed by atoms with Gasteiger partial charge < -0.3 is 10.6 Å². The van der Waals surface area contributed by atoms with Crippen LogP contribution in [0.1, 0.15) is 31.4 Å². The second-order valence-electron chi connectivity index (χ2n) is 4.56. The number of rotatable bonds is 6. The summed E-state index contributed by atoms with van der Waals surface area (Å²) in [6.45, 7) is 8.01. The molecule has 0 aliphatic heterocycles. The van der Waals surface area contributed by atoms with Gasteiger partial charge in [-0.05, 0) is 44.4 Å². The van der Waals surface area contributed by atoms with E-state index in [-0.39, 0.29) is 29.8 Å². The van der Waals surface area contributed by atoms with Crippen molar-refractivity contribution in [1.29, 1.82) is 0 Å². The fraction of sp³-hybridized carbons (Fsp3) is 0.438. The Morgan fingerprint density at radius 2 is 2.10 bits per heavy atom. The molecule has 0 amide bonds. The van der Waals surface area contributed by atoms with Crippen LogP contribution in [0.15, 0.2) is 35.3 Å². The predicted molar refractivity (Wildman–Crippen MR) is 98.8 cm³/mol. The van der Waals surface area contributed by atoms with E-state index >= 15 is 0 Å². The fourth-order valence-electron chi connectivity index (χ4n) is 1.76. The molecule has 118 valence electrons. The van der Waals surface area contributed by atoms with Gasteiger partial charge in [-0.15, -0.1) is 24.0 Å². The first-order valence-electron chi connectivity index (χ1n) is 7.05. The minimum Gasteiger partial charge on any atom is -0.357 e. The molecule has 1 rings (SSSR count). The first-order valence-corrected chi connectivity index (χ1v) is 7.05. The molecule has 0 fully saturated rings. The number of nitrogens with zero attached hydrogens (tertiary/aromatic N) is 1. The SMILES string of the molecule is C/C=C/CCNC(=NCc1ccc(F)c(C)c1)NCC.I. The highest BCUT2D eigenvalue weighted by molar-refractivity contribution is 14.0. The predicted octanol–water partition coefficient (Wildman–Crippen LogP) is 3.77. The van der Waals surface area contributed by atoms with Gasteiger partial charge in [0.05, 0.1) is 6.54 Å². The molecule has 1 aromatic rings. The average Bonchev–Trinajstić information content (AvgIpc) is 2.44. The zero-order chi connectivity index (χ0) is 14.8. The molecule has 0 bridgehead atoms. The van der Waals surface area contributed by atoms with Gasteiger partial charge in [-0.1, -0.05) is 24.3 Å². The van der Waals surface area contributed by atoms with Gasteiger partial charge in [0.15, 0.2) is 5.96 Å². The lowest BCUT2D eigenvalue weighted by atomic mass is 10.1. The third-order valence-corrected chi connectivity index (χ3v) is 2.83. The zero-order valence-electron chi connectivity index (χ0n) is 12.9. The maximum absolute atomic E-state index is 13.2. The third-order valence-electron chi connectivity index (χ3n) is 2.83. The van der Waals surface area contributed by atoms with E-state index in [4.69, 9.17) is 0 Å². The maximum atomic E-state index is 13.2. The Hall–Kier alpha value is -1.11. The van der Waals surface area contributed by atoms with Crippen molar-refractivity contribution >= 4 is 29.9 Å². The monoisotopic (exact) mass is 405 g/mol. The minimum atomic E-state index is -0.172. The molecule has 0 spiro atoms. The molecule has 0 radical (unpaired) electrons. The van der Waals surface area contributed by atoms with E-state index in [1.165, 1.54) is 6.07 Å². The van der Waals surface area contributed by atoms with Gasteiger partial charge in [0.25, 0.3) is 0 Å². The Labute approximate surface area is 144 Å². The highest BCUT2D eigenvalue weighted by Crippen LogP contribution is 2.09. The van der Waals surface area contributed by atoms with Gasteiger partial charge >= 0.3 is 0 Å². The quantitative estimate of drug-likeness (QED) is 0.249. The topological polar surface area (TPSA) is 36.4 Å². The molecular weight excluding hydrogens is 380 g/mol. The highest BCUT2D eigenvalue weighted by atomic mass is 127. The Morgan fingerprint density at radius 1 is 1.33 bits per heavy atom. The van der Waals surface area contributed by atoms with E-state index in [9.17, 15) is 4.39 Å². The second-order valence-corrected chi connectivity index (χ2v) is 4.56. The highest BCUT2D eigenvalue weighted by Gasteiger charge is 2.00. The lowest BCUT2D eigenvalue weighted by molar-refractivity contribution is 0.617. The third kappa shape index (κ3) is 8.04. The summed E-state index contributed by atoms with van der Waals surface area (Å²) in [5.74, 6) is 0.619. The minimum absolute atomic E-state index is 0. The number of allylic oxidation sites excluding steroid dienone is 1. The molecule has 21 heavy (non-hydrogen) atoms. The molecule has 2 N–H and O–H groups in total. The summed E-state index contributed by atoms with van der Waals surface area (Å²) >= 11 is 0. The Kier molecular flexibility index (Phi) is 10.9. The summed E-state index contributed by atoms with van der Waals surface area (Å²) < 4.78 is 13.2. The van der Waals surface area contributed by atoms with Crippen LogP contribution in [0.25, 0.3) is 0 Å². The molecule has 0 unspecified atom stereocenters. The number of guanidine groups is 1. The first kappa shape index (κ1) is 19.9. The smallest absolute Gasteiger partial charge is 0.191 e. The summed E-state index contributed by atoms with van der Waals surface area (Å²) in [5.41, 5.74) is 1.67. The number of aliphatic imine (C=N–C) groups is 1. The summed E-state index contributed by atoms with van der Waals surface area (Å²) in [6, 6.07) is 5.10. The molecule has 0 atom stereocenters. The largest absolute Gasteiger partial charge is 0.357 e. The molecule has 5 heteroatoms. The van der Waals surface area contributed by atoms with Crippen LogP contribution in [0.3, 0.4) is 0 Å². The number of nitrogens with one attached hydrogen (secondary N) is 2. The summed E-state index contributed by atoms with van der Waals surface area (Å²) in [5, 5.41) is 6.46. The molecule has 0 heterocycles. The van der Waals surface area contributed by atoms with Crippen LogP contribution in [-0.4, -0.2) is 19.0 Å². The summed E-state index contributed by atoms with van der Waals surface area (Å²) in [6.07, 6.45) is 5.11. The van der Waals surface area contributed by atoms with Crippen molar-refractivity contribution in [2.45, 2.75) is 33.7 Å². The van der Waals surface area contributed by atoms with E-state index in [0.717, 1.165) is 31.0 Å². The summed E-state index contributed by atoms with van der Waals surface area (Å²) in [7, 11) is 0. The van der Waals surface area contributed by atoms with Crippen molar-refractivity contribution < 1.29 is 4.39 Å². The normalized spacial score (nSPS) is 11.3. The number of halogens is 2. The van der Waals surface area contributed by atoms with Gasteiger partial charge in [0, 0.05) is 13.1 Å². The molecule has 0 aliphatic carbocycles. The number of hydrogen-bond acceptors (Lipinski definition) is 1. The van der Waals surface area contributed by atoms with E-state index in [0.29, 0.717) is 12.1 Å². The van der Waals surface area contributed by atoms with Crippen molar-refractivity contribution in [2.75, 3.05) is 13.1 Å². The van der Waals surface area contributed by atoms with Crippen molar-refractivity contribution in [3.8, 4) is 0 Å². The zero-order valence-corrected chi connectivity index (χ0v) is 15.3. The molecule has 0 saturated carbocycles. The van der Waals surface area contributed by atoms with Crippen LogP contribution in [0.5, 0.6) is 0 Å². The van der Waals surface area contributed by atoms with Gasteiger partial charge in [-0.3, -0.25) is 0 Å². The van der Waals surface area contributed by atoms with Crippen LogP contribution >= 0.6 is 24.0 Å². The van der Waals surface area contributed by atoms with Gasteiger partial charge in [0.2, 0.25) is 0 Å². The lowest BCUT2D eigenvalue weighted by Gasteiger charge is -2.10. The van der Waals surface area contributed by atoms with E-state index in [2.05, 4.69) is 21.7 Å². The molecule has 0 aromatic heterocycles. The number of hydrogen-bond donors (Lipinski definition) is 2. The van der Waals surface area contributed by atoms with Crippen molar-refractivity contribution in [1.82, 2.24) is 10.6 Å². The second kappa shape index (κ2) is 11.5. The van der Waals surface area contributed by atoms with Crippen LogP contribution in [-0.2, 0) is 6.54 Å². The molecule has 0 saturated heterocycles. The maximum Gasteiger partial charge on any atom is 0.191 e. The summed E-state index contributed by atoms with van der Waals surface area (Å²) in [4.78, 5) is 4.50. The van der Waals surface area contributed by atoms with Crippen LogP contribution in [0.2, 0.25) is 0 Å². The van der Waals surface area contributed by atoms with E-state index in [1.54, 1.807) is 13.0 Å². The standard InChI is InChI=1S/C16H24FN3.HI/c1-4-6-7-10-19-16(18-5-2)20-12-14-8-9-15(17)13(3)11-14;/h4,6,8-9,11H,5,7,10,12H2,1-3H3,(H2,18,19,20);1H/b6-4+;. The Bertz CT molecular complexity index is 473. The van der Waals surface area contributed by atoms with Gasteiger partial charge in [0.1, 0.15) is 5.82 Å². The van der Waals surface area contributed by atoms with Crippen LogP contribution < -0.4 is 10.6 Å². The first-order chi connectivity index (χ1) is 9.67. The van der Waals surface area contributed by atoms with Crippen molar-refractivity contribution in [3.63, 3.8) is 0 Å². The molecular formula is C16H25FIN3. The number of aryl methyl sites for hydroxylation is 1. The van der Waals surface area contributed by atoms with E-state index < -0.39 is 0 Å². The van der Waals surface area contributed by atoms with Crippen LogP contribution in [0, 0.1) is 12.7 Å². The van der Waals surface area contributed by atoms with Crippen molar-refractivity contribution in [3.05, 3.63) is 47.3 Å².